The van der Waals surface area contributed by atoms with E-state index in [1.54, 1.807) is 14.1 Å². The third kappa shape index (κ3) is 4.04. The first-order valence-corrected chi connectivity index (χ1v) is 10.3. The van der Waals surface area contributed by atoms with E-state index in [0.717, 1.165) is 30.6 Å². The van der Waals surface area contributed by atoms with E-state index in [1.807, 2.05) is 12.1 Å². The van der Waals surface area contributed by atoms with Crippen molar-refractivity contribution in [1.29, 1.82) is 0 Å². The number of nitrogens with zero attached hydrogens (tertiary/aromatic N) is 6. The minimum absolute atomic E-state index is 0.466. The van der Waals surface area contributed by atoms with Crippen LogP contribution in [-0.4, -0.2) is 80.6 Å². The fourth-order valence-corrected chi connectivity index (χ4v) is 4.36. The predicted molar refractivity (Wildman–Crippen MR) is 99.0 cm³/mol. The second kappa shape index (κ2) is 7.43. The van der Waals surface area contributed by atoms with Gasteiger partial charge in [0.2, 0.25) is 0 Å². The van der Waals surface area contributed by atoms with Gasteiger partial charge in [0.1, 0.15) is 0 Å². The van der Waals surface area contributed by atoms with Gasteiger partial charge in [0, 0.05) is 53.4 Å². The van der Waals surface area contributed by atoms with Crippen LogP contribution in [0, 0.1) is 5.92 Å². The minimum Gasteiger partial charge on any atom is -0.355 e. The summed E-state index contributed by atoms with van der Waals surface area (Å²) in [6, 6.07) is 4.03. The number of piperazine rings is 1. The maximum Gasteiger partial charge on any atom is 0.281 e. The average Bonchev–Trinajstić information content (AvgIpc) is 2.62. The van der Waals surface area contributed by atoms with Crippen molar-refractivity contribution < 1.29 is 8.42 Å². The van der Waals surface area contributed by atoms with E-state index in [1.165, 1.54) is 21.5 Å². The molecule has 0 radical (unpaired) electrons. The van der Waals surface area contributed by atoms with Crippen LogP contribution in [0.1, 0.15) is 19.8 Å². The first kappa shape index (κ1) is 18.3. The van der Waals surface area contributed by atoms with E-state index in [0.29, 0.717) is 26.2 Å². The lowest BCUT2D eigenvalue weighted by Gasteiger charge is -2.35. The number of hydrogen-bond donors (Lipinski definition) is 0. The van der Waals surface area contributed by atoms with Crippen molar-refractivity contribution in [3.63, 3.8) is 0 Å². The van der Waals surface area contributed by atoms with Crippen molar-refractivity contribution in [2.45, 2.75) is 19.8 Å². The van der Waals surface area contributed by atoms with Gasteiger partial charge in [-0.2, -0.15) is 17.0 Å². The average molecular weight is 369 g/mol. The summed E-state index contributed by atoms with van der Waals surface area (Å²) in [7, 11) is -0.209. The molecule has 9 heteroatoms. The third-order valence-electron chi connectivity index (χ3n) is 5.09. The summed E-state index contributed by atoms with van der Waals surface area (Å²) in [6.07, 6.45) is 2.40. The summed E-state index contributed by atoms with van der Waals surface area (Å²) < 4.78 is 27.1. The molecule has 0 unspecified atom stereocenters. The Morgan fingerprint density at radius 3 is 1.84 bits per heavy atom. The highest BCUT2D eigenvalue weighted by atomic mass is 32.2. The lowest BCUT2D eigenvalue weighted by atomic mass is 9.99. The lowest BCUT2D eigenvalue weighted by molar-refractivity contribution is 0.354. The van der Waals surface area contributed by atoms with Gasteiger partial charge in [0.05, 0.1) is 0 Å². The third-order valence-corrected chi connectivity index (χ3v) is 7.03. The van der Waals surface area contributed by atoms with Gasteiger partial charge in [-0.25, -0.2) is 0 Å². The van der Waals surface area contributed by atoms with Gasteiger partial charge in [-0.15, -0.1) is 10.2 Å². The molecule has 0 atom stereocenters. The number of anilines is 2. The monoisotopic (exact) mass is 368 g/mol. The van der Waals surface area contributed by atoms with Crippen LogP contribution in [-0.2, 0) is 10.2 Å². The highest BCUT2D eigenvalue weighted by Crippen LogP contribution is 2.22. The standard InChI is InChI=1S/C16H28N6O2S/c1-14-6-8-20(9-7-14)15-4-5-16(18-17-15)21-10-12-22(13-11-21)25(23,24)19(2)3/h4-5,14H,6-13H2,1-3H3. The number of piperidine rings is 1. The van der Waals surface area contributed by atoms with Crippen LogP contribution in [0.3, 0.4) is 0 Å². The zero-order chi connectivity index (χ0) is 18.0. The van der Waals surface area contributed by atoms with Crippen molar-refractivity contribution >= 4 is 21.8 Å². The van der Waals surface area contributed by atoms with Gasteiger partial charge in [-0.1, -0.05) is 6.92 Å². The molecule has 0 saturated carbocycles. The Balaban J connectivity index is 1.59. The lowest BCUT2D eigenvalue weighted by Crippen LogP contribution is -2.51. The summed E-state index contributed by atoms with van der Waals surface area (Å²) in [6.45, 7) is 6.56. The van der Waals surface area contributed by atoms with E-state index in [2.05, 4.69) is 26.9 Å². The summed E-state index contributed by atoms with van der Waals surface area (Å²) in [5, 5.41) is 8.77. The van der Waals surface area contributed by atoms with Gasteiger partial charge in [0.15, 0.2) is 11.6 Å². The molecule has 1 aromatic heterocycles. The largest absolute Gasteiger partial charge is 0.355 e. The SMILES string of the molecule is CC1CCN(c2ccc(N3CCN(S(=O)(=O)N(C)C)CC3)nn2)CC1. The van der Waals surface area contributed by atoms with Gasteiger partial charge in [-0.05, 0) is 30.9 Å². The molecule has 1 aromatic rings. The fourth-order valence-electron chi connectivity index (χ4n) is 3.27. The van der Waals surface area contributed by atoms with Gasteiger partial charge in [-0.3, -0.25) is 0 Å². The smallest absolute Gasteiger partial charge is 0.281 e. The highest BCUT2D eigenvalue weighted by Gasteiger charge is 2.29. The van der Waals surface area contributed by atoms with E-state index < -0.39 is 10.2 Å². The molecule has 3 heterocycles. The molecule has 2 fully saturated rings. The molecule has 25 heavy (non-hydrogen) atoms. The maximum absolute atomic E-state index is 12.2. The van der Waals surface area contributed by atoms with E-state index in [4.69, 9.17) is 0 Å². The van der Waals surface area contributed by atoms with Crippen LogP contribution in [0.5, 0.6) is 0 Å². The molecule has 8 nitrogen and oxygen atoms in total. The molecule has 2 aliphatic rings. The zero-order valence-corrected chi connectivity index (χ0v) is 16.1. The second-order valence-electron chi connectivity index (χ2n) is 7.10. The topological polar surface area (TPSA) is 72.9 Å². The maximum atomic E-state index is 12.2. The van der Waals surface area contributed by atoms with Crippen molar-refractivity contribution in [2.75, 3.05) is 63.2 Å². The molecule has 140 valence electrons. The Labute approximate surface area is 150 Å². The fraction of sp³-hybridized carbons (Fsp3) is 0.750. The van der Waals surface area contributed by atoms with Gasteiger partial charge in [0.25, 0.3) is 10.2 Å². The van der Waals surface area contributed by atoms with E-state index in [9.17, 15) is 8.42 Å². The quantitative estimate of drug-likeness (QED) is 0.777. The molecule has 2 saturated heterocycles. The van der Waals surface area contributed by atoms with Crippen LogP contribution >= 0.6 is 0 Å². The van der Waals surface area contributed by atoms with Gasteiger partial charge < -0.3 is 9.80 Å². The first-order valence-electron chi connectivity index (χ1n) is 8.89. The molecule has 0 amide bonds. The Morgan fingerprint density at radius 2 is 1.40 bits per heavy atom. The van der Waals surface area contributed by atoms with E-state index >= 15 is 0 Å². The van der Waals surface area contributed by atoms with Crippen molar-refractivity contribution in [3.8, 4) is 0 Å². The molecular formula is C16H28N6O2S. The first-order chi connectivity index (χ1) is 11.9. The van der Waals surface area contributed by atoms with Crippen LogP contribution in [0.15, 0.2) is 12.1 Å². The molecule has 0 spiro atoms. The van der Waals surface area contributed by atoms with Crippen LogP contribution in [0.2, 0.25) is 0 Å². The van der Waals surface area contributed by atoms with Crippen LogP contribution < -0.4 is 9.80 Å². The zero-order valence-electron chi connectivity index (χ0n) is 15.3. The number of rotatable bonds is 4. The van der Waals surface area contributed by atoms with Crippen molar-refractivity contribution in [3.05, 3.63) is 12.1 Å². The predicted octanol–water partition coefficient (Wildman–Crippen LogP) is 0.641. The highest BCUT2D eigenvalue weighted by molar-refractivity contribution is 7.86. The second-order valence-corrected chi connectivity index (χ2v) is 9.24. The summed E-state index contributed by atoms with van der Waals surface area (Å²) in [5.41, 5.74) is 0. The number of aromatic nitrogens is 2. The van der Waals surface area contributed by atoms with Crippen molar-refractivity contribution in [1.82, 2.24) is 18.8 Å². The normalized spacial score (nSPS) is 21.1. The Morgan fingerprint density at radius 1 is 0.920 bits per heavy atom. The molecule has 0 N–H and O–H groups in total. The molecule has 0 aliphatic carbocycles. The molecular weight excluding hydrogens is 340 g/mol. The number of hydrogen-bond acceptors (Lipinski definition) is 6. The van der Waals surface area contributed by atoms with Crippen LogP contribution in [0.25, 0.3) is 0 Å². The summed E-state index contributed by atoms with van der Waals surface area (Å²) in [5.74, 6) is 2.54. The summed E-state index contributed by atoms with van der Waals surface area (Å²) >= 11 is 0. The Kier molecular flexibility index (Phi) is 5.45. The Hall–Kier alpha value is -1.45. The Bertz CT molecular complexity index is 662. The van der Waals surface area contributed by atoms with E-state index in [-0.39, 0.29) is 0 Å². The van der Waals surface area contributed by atoms with Gasteiger partial charge >= 0.3 is 0 Å². The molecule has 0 bridgehead atoms. The minimum atomic E-state index is -3.33. The van der Waals surface area contributed by atoms with Crippen LogP contribution in [0.4, 0.5) is 11.6 Å². The molecule has 3 rings (SSSR count). The molecule has 2 aliphatic heterocycles. The summed E-state index contributed by atoms with van der Waals surface area (Å²) in [4.78, 5) is 4.38. The molecule has 0 aromatic carbocycles. The van der Waals surface area contributed by atoms with Crippen molar-refractivity contribution in [2.24, 2.45) is 5.92 Å².